The molecule has 0 unspecified atom stereocenters. The lowest BCUT2D eigenvalue weighted by molar-refractivity contribution is -0.156. The second-order valence-corrected chi connectivity index (χ2v) is 10.1. The number of halogens is 1. The van der Waals surface area contributed by atoms with Gasteiger partial charge in [-0.15, -0.1) is 0 Å². The number of hydrogen-bond acceptors (Lipinski definition) is 5. The number of nitrogens with one attached hydrogen (secondary N) is 1. The van der Waals surface area contributed by atoms with E-state index in [4.69, 9.17) is 16.3 Å². The SMILES string of the molecule is C[C@@H](O)[C@@H](NC(=O)OC(C)(C)C)C(=O)N1CC[C@](O)(c2ccc(Cl)cc2)C(C)(C)C1. The van der Waals surface area contributed by atoms with Crippen molar-refractivity contribution in [2.45, 2.75) is 71.3 Å². The van der Waals surface area contributed by atoms with Gasteiger partial charge in [0.15, 0.2) is 0 Å². The van der Waals surface area contributed by atoms with E-state index in [0.717, 1.165) is 5.56 Å². The molecule has 7 nitrogen and oxygen atoms in total. The summed E-state index contributed by atoms with van der Waals surface area (Å²) in [5.74, 6) is -0.415. The molecule has 1 aliphatic rings. The fourth-order valence-electron chi connectivity index (χ4n) is 3.79. The van der Waals surface area contributed by atoms with E-state index in [1.54, 1.807) is 49.9 Å². The fraction of sp³-hybridized carbons (Fsp3) is 0.636. The highest BCUT2D eigenvalue weighted by Gasteiger charge is 2.50. The zero-order valence-electron chi connectivity index (χ0n) is 18.5. The van der Waals surface area contributed by atoms with Crippen LogP contribution in [0.4, 0.5) is 4.79 Å². The van der Waals surface area contributed by atoms with Crippen molar-refractivity contribution in [1.29, 1.82) is 0 Å². The first-order valence-electron chi connectivity index (χ1n) is 10.1. The van der Waals surface area contributed by atoms with E-state index < -0.39 is 40.8 Å². The Morgan fingerprint density at radius 3 is 2.27 bits per heavy atom. The summed E-state index contributed by atoms with van der Waals surface area (Å²) in [5.41, 5.74) is -1.81. The molecule has 1 heterocycles. The Morgan fingerprint density at radius 1 is 1.23 bits per heavy atom. The highest BCUT2D eigenvalue weighted by Crippen LogP contribution is 2.46. The van der Waals surface area contributed by atoms with Crippen molar-refractivity contribution in [2.24, 2.45) is 5.41 Å². The Labute approximate surface area is 183 Å². The summed E-state index contributed by atoms with van der Waals surface area (Å²) in [5, 5.41) is 24.6. The van der Waals surface area contributed by atoms with Gasteiger partial charge in [-0.3, -0.25) is 4.79 Å². The molecule has 0 aliphatic carbocycles. The molecule has 0 saturated carbocycles. The molecule has 0 aromatic heterocycles. The van der Waals surface area contributed by atoms with Gasteiger partial charge in [-0.25, -0.2) is 4.79 Å². The van der Waals surface area contributed by atoms with Gasteiger partial charge in [0, 0.05) is 23.5 Å². The molecular formula is C22H33ClN2O5. The molecule has 0 radical (unpaired) electrons. The van der Waals surface area contributed by atoms with Crippen LogP contribution in [-0.2, 0) is 15.1 Å². The average Bonchev–Trinajstić information content (AvgIpc) is 2.60. The minimum Gasteiger partial charge on any atom is -0.444 e. The third-order valence-electron chi connectivity index (χ3n) is 5.50. The molecule has 1 fully saturated rings. The van der Waals surface area contributed by atoms with Crippen molar-refractivity contribution in [2.75, 3.05) is 13.1 Å². The molecule has 1 aliphatic heterocycles. The topological polar surface area (TPSA) is 99.1 Å². The van der Waals surface area contributed by atoms with Crippen molar-refractivity contribution in [3.8, 4) is 0 Å². The predicted octanol–water partition coefficient (Wildman–Crippen LogP) is 3.06. The van der Waals surface area contributed by atoms with E-state index in [1.807, 2.05) is 13.8 Å². The summed E-state index contributed by atoms with van der Waals surface area (Å²) in [7, 11) is 0. The molecule has 0 spiro atoms. The van der Waals surface area contributed by atoms with Gasteiger partial charge in [-0.05, 0) is 51.8 Å². The first-order chi connectivity index (χ1) is 13.7. The number of alkyl carbamates (subject to hydrolysis) is 1. The molecule has 1 saturated heterocycles. The number of hydrogen-bond donors (Lipinski definition) is 3. The number of nitrogens with zero attached hydrogens (tertiary/aromatic N) is 1. The number of aliphatic hydroxyl groups excluding tert-OH is 1. The molecule has 0 bridgehead atoms. The summed E-state index contributed by atoms with van der Waals surface area (Å²) in [6.07, 6.45) is -1.56. The summed E-state index contributed by atoms with van der Waals surface area (Å²) in [6.45, 7) is 10.9. The Morgan fingerprint density at radius 2 is 1.80 bits per heavy atom. The van der Waals surface area contributed by atoms with Crippen molar-refractivity contribution < 1.29 is 24.5 Å². The Kier molecular flexibility index (Phi) is 7.11. The van der Waals surface area contributed by atoms with Crippen LogP contribution in [0, 0.1) is 5.41 Å². The predicted molar refractivity (Wildman–Crippen MR) is 115 cm³/mol. The van der Waals surface area contributed by atoms with Crippen LogP contribution < -0.4 is 5.32 Å². The second-order valence-electron chi connectivity index (χ2n) is 9.63. The number of rotatable bonds is 4. The van der Waals surface area contributed by atoms with Crippen molar-refractivity contribution in [3.63, 3.8) is 0 Å². The van der Waals surface area contributed by atoms with Gasteiger partial charge < -0.3 is 25.2 Å². The molecule has 1 aromatic carbocycles. The van der Waals surface area contributed by atoms with Gasteiger partial charge in [-0.1, -0.05) is 37.6 Å². The van der Waals surface area contributed by atoms with E-state index in [1.165, 1.54) is 6.92 Å². The largest absolute Gasteiger partial charge is 0.444 e. The molecule has 3 atom stereocenters. The van der Waals surface area contributed by atoms with Crippen LogP contribution in [0.15, 0.2) is 24.3 Å². The zero-order chi connectivity index (χ0) is 22.9. The first-order valence-corrected chi connectivity index (χ1v) is 10.5. The number of carbonyl (C=O) groups excluding carboxylic acids is 2. The van der Waals surface area contributed by atoms with Crippen LogP contribution in [0.2, 0.25) is 5.02 Å². The smallest absolute Gasteiger partial charge is 0.408 e. The van der Waals surface area contributed by atoms with Crippen LogP contribution in [0.3, 0.4) is 0 Å². The normalized spacial score (nSPS) is 23.4. The average molecular weight is 441 g/mol. The van der Waals surface area contributed by atoms with Crippen molar-refractivity contribution in [1.82, 2.24) is 10.2 Å². The Hall–Kier alpha value is -1.83. The number of likely N-dealkylation sites (tertiary alicyclic amines) is 1. The lowest BCUT2D eigenvalue weighted by Crippen LogP contribution is -2.61. The van der Waals surface area contributed by atoms with Crippen LogP contribution in [0.25, 0.3) is 0 Å². The van der Waals surface area contributed by atoms with Crippen LogP contribution in [-0.4, -0.2) is 57.9 Å². The van der Waals surface area contributed by atoms with Crippen molar-refractivity contribution >= 4 is 23.6 Å². The monoisotopic (exact) mass is 440 g/mol. The number of benzene rings is 1. The number of aliphatic hydroxyl groups is 2. The van der Waals surface area contributed by atoms with Gasteiger partial charge in [0.05, 0.1) is 11.7 Å². The molecular weight excluding hydrogens is 408 g/mol. The van der Waals surface area contributed by atoms with Crippen LogP contribution in [0.5, 0.6) is 0 Å². The third kappa shape index (κ3) is 5.45. The number of piperidine rings is 1. The lowest BCUT2D eigenvalue weighted by Gasteiger charge is -2.51. The highest BCUT2D eigenvalue weighted by atomic mass is 35.5. The van der Waals surface area contributed by atoms with Gasteiger partial charge in [0.1, 0.15) is 11.6 Å². The number of amides is 2. The first kappa shape index (κ1) is 24.4. The fourth-order valence-corrected chi connectivity index (χ4v) is 3.92. The van der Waals surface area contributed by atoms with Gasteiger partial charge in [0.25, 0.3) is 0 Å². The van der Waals surface area contributed by atoms with E-state index in [9.17, 15) is 19.8 Å². The summed E-state index contributed by atoms with van der Waals surface area (Å²) < 4.78 is 5.21. The maximum Gasteiger partial charge on any atom is 0.408 e. The third-order valence-corrected chi connectivity index (χ3v) is 5.76. The molecule has 3 N–H and O–H groups in total. The highest BCUT2D eigenvalue weighted by molar-refractivity contribution is 6.30. The van der Waals surface area contributed by atoms with Gasteiger partial charge in [-0.2, -0.15) is 0 Å². The molecule has 1 aromatic rings. The Bertz CT molecular complexity index is 773. The van der Waals surface area contributed by atoms with E-state index >= 15 is 0 Å². The van der Waals surface area contributed by atoms with E-state index in [-0.39, 0.29) is 13.1 Å². The summed E-state index contributed by atoms with van der Waals surface area (Å²) in [4.78, 5) is 26.8. The molecule has 30 heavy (non-hydrogen) atoms. The molecule has 2 rings (SSSR count). The summed E-state index contributed by atoms with van der Waals surface area (Å²) >= 11 is 5.97. The van der Waals surface area contributed by atoms with Crippen LogP contribution >= 0.6 is 11.6 Å². The second kappa shape index (κ2) is 8.73. The maximum absolute atomic E-state index is 13.1. The molecule has 168 valence electrons. The van der Waals surface area contributed by atoms with E-state index in [2.05, 4.69) is 5.32 Å². The maximum atomic E-state index is 13.1. The number of carbonyl (C=O) groups is 2. The van der Waals surface area contributed by atoms with Gasteiger partial charge >= 0.3 is 6.09 Å². The zero-order valence-corrected chi connectivity index (χ0v) is 19.3. The van der Waals surface area contributed by atoms with Crippen LogP contribution in [0.1, 0.15) is 53.5 Å². The van der Waals surface area contributed by atoms with Crippen molar-refractivity contribution in [3.05, 3.63) is 34.9 Å². The van der Waals surface area contributed by atoms with Gasteiger partial charge in [0.2, 0.25) is 5.91 Å². The Balaban J connectivity index is 2.17. The minimum absolute atomic E-state index is 0.254. The summed E-state index contributed by atoms with van der Waals surface area (Å²) in [6, 6.07) is 5.92. The molecule has 2 amide bonds. The lowest BCUT2D eigenvalue weighted by atomic mass is 9.66. The minimum atomic E-state index is -1.15. The van der Waals surface area contributed by atoms with E-state index in [0.29, 0.717) is 11.4 Å². The standard InChI is InChI=1S/C22H33ClN2O5/c1-14(26)17(24-19(28)30-20(2,3)4)18(27)25-12-11-22(29,21(5,6)13-25)15-7-9-16(23)10-8-15/h7-10,14,17,26,29H,11-13H2,1-6H3,(H,24,28)/t14-,17-,22+/m1/s1. The molecule has 8 heteroatoms. The number of ether oxygens (including phenoxy) is 1. The quantitative estimate of drug-likeness (QED) is 0.668.